The number of anilines is 2. The number of nitrogen functional groups attached to an aromatic ring is 1. The number of carbonyl (C=O) groups is 1. The van der Waals surface area contributed by atoms with E-state index in [1.165, 1.54) is 7.11 Å². The lowest BCUT2D eigenvalue weighted by molar-refractivity contribution is 0.0368. The highest BCUT2D eigenvalue weighted by Gasteiger charge is 2.17. The third-order valence-electron chi connectivity index (χ3n) is 3.49. The number of carbonyl (C=O) groups excluding carboxylic acids is 1. The maximum atomic E-state index is 11.8. The lowest BCUT2D eigenvalue weighted by Gasteiger charge is -2.30. The summed E-state index contributed by atoms with van der Waals surface area (Å²) in [5.74, 6) is -0.386. The van der Waals surface area contributed by atoms with Crippen LogP contribution in [0.15, 0.2) is 18.2 Å². The van der Waals surface area contributed by atoms with Crippen LogP contribution in [0.2, 0.25) is 0 Å². The van der Waals surface area contributed by atoms with Gasteiger partial charge in [-0.15, -0.1) is 0 Å². The van der Waals surface area contributed by atoms with Crippen LogP contribution in [0.25, 0.3) is 0 Å². The van der Waals surface area contributed by atoms with Gasteiger partial charge in [0.25, 0.3) is 0 Å². The van der Waals surface area contributed by atoms with Crippen LogP contribution in [-0.2, 0) is 9.47 Å². The molecule has 0 amide bonds. The van der Waals surface area contributed by atoms with Crippen molar-refractivity contribution in [1.82, 2.24) is 4.90 Å². The largest absolute Gasteiger partial charge is 0.465 e. The maximum Gasteiger partial charge on any atom is 0.340 e. The molecule has 0 radical (unpaired) electrons. The van der Waals surface area contributed by atoms with Gasteiger partial charge in [0.15, 0.2) is 0 Å². The van der Waals surface area contributed by atoms with E-state index in [9.17, 15) is 4.79 Å². The Morgan fingerprint density at radius 1 is 1.48 bits per heavy atom. The number of morpholine rings is 1. The van der Waals surface area contributed by atoms with E-state index in [1.807, 2.05) is 6.07 Å². The van der Waals surface area contributed by atoms with Crippen LogP contribution < -0.4 is 11.1 Å². The number of esters is 1. The summed E-state index contributed by atoms with van der Waals surface area (Å²) in [6.07, 6.45) is 0. The van der Waals surface area contributed by atoms with Gasteiger partial charge in [-0.25, -0.2) is 4.79 Å². The molecule has 3 N–H and O–H groups in total. The van der Waals surface area contributed by atoms with Crippen molar-refractivity contribution in [3.63, 3.8) is 0 Å². The van der Waals surface area contributed by atoms with Crippen molar-refractivity contribution in [1.29, 1.82) is 0 Å². The fraction of sp³-hybridized carbons (Fsp3) is 0.533. The molecular formula is C15H23N3O3. The highest BCUT2D eigenvalue weighted by atomic mass is 16.5. The number of hydrogen-bond acceptors (Lipinski definition) is 6. The van der Waals surface area contributed by atoms with Gasteiger partial charge in [-0.2, -0.15) is 0 Å². The summed E-state index contributed by atoms with van der Waals surface area (Å²) in [5, 5.41) is 3.36. The van der Waals surface area contributed by atoms with Crippen LogP contribution >= 0.6 is 0 Å². The van der Waals surface area contributed by atoms with E-state index in [0.29, 0.717) is 11.3 Å². The second kappa shape index (κ2) is 7.28. The van der Waals surface area contributed by atoms with Crippen molar-refractivity contribution >= 4 is 17.3 Å². The first-order valence-corrected chi connectivity index (χ1v) is 7.14. The molecule has 116 valence electrons. The Morgan fingerprint density at radius 3 is 2.86 bits per heavy atom. The molecular weight excluding hydrogens is 270 g/mol. The van der Waals surface area contributed by atoms with E-state index in [0.717, 1.165) is 38.5 Å². The van der Waals surface area contributed by atoms with Crippen molar-refractivity contribution in [3.05, 3.63) is 23.8 Å². The van der Waals surface area contributed by atoms with Crippen LogP contribution in [0, 0.1) is 0 Å². The molecule has 0 bridgehead atoms. The van der Waals surface area contributed by atoms with Gasteiger partial charge in [0.1, 0.15) is 0 Å². The van der Waals surface area contributed by atoms with Crippen molar-refractivity contribution < 1.29 is 14.3 Å². The predicted octanol–water partition coefficient (Wildman–Crippen LogP) is 1.19. The highest BCUT2D eigenvalue weighted by molar-refractivity contribution is 5.96. The Bertz CT molecular complexity index is 487. The van der Waals surface area contributed by atoms with E-state index >= 15 is 0 Å². The van der Waals surface area contributed by atoms with Gasteiger partial charge in [-0.1, -0.05) is 0 Å². The van der Waals surface area contributed by atoms with Crippen molar-refractivity contribution in [2.75, 3.05) is 51.0 Å². The van der Waals surface area contributed by atoms with E-state index in [-0.39, 0.29) is 12.0 Å². The summed E-state index contributed by atoms with van der Waals surface area (Å²) in [7, 11) is 1.37. The molecule has 6 heteroatoms. The highest BCUT2D eigenvalue weighted by Crippen LogP contribution is 2.21. The lowest BCUT2D eigenvalue weighted by atomic mass is 10.1. The summed E-state index contributed by atoms with van der Waals surface area (Å²) in [6, 6.07) is 5.43. The Morgan fingerprint density at radius 2 is 2.19 bits per heavy atom. The van der Waals surface area contributed by atoms with Crippen LogP contribution in [0.1, 0.15) is 17.3 Å². The molecule has 6 nitrogen and oxygen atoms in total. The standard InChI is InChI=1S/C15H23N3O3/c1-11(10-18-5-7-21-8-6-18)17-14-4-3-12(16)9-13(14)15(19)20-2/h3-4,9,11,17H,5-8,10,16H2,1-2H3. The number of nitrogens with zero attached hydrogens (tertiary/aromatic N) is 1. The van der Waals surface area contributed by atoms with Gasteiger partial charge in [-0.3, -0.25) is 4.90 Å². The minimum Gasteiger partial charge on any atom is -0.465 e. The summed E-state index contributed by atoms with van der Waals surface area (Å²) >= 11 is 0. The number of nitrogens with one attached hydrogen (secondary N) is 1. The third kappa shape index (κ3) is 4.34. The Kier molecular flexibility index (Phi) is 5.41. The Labute approximate surface area is 125 Å². The van der Waals surface area contributed by atoms with Crippen LogP contribution in [0.5, 0.6) is 0 Å². The number of rotatable bonds is 5. The zero-order chi connectivity index (χ0) is 15.2. The summed E-state index contributed by atoms with van der Waals surface area (Å²) < 4.78 is 10.1. The van der Waals surface area contributed by atoms with Gasteiger partial charge in [0.2, 0.25) is 0 Å². The van der Waals surface area contributed by atoms with Crippen LogP contribution in [0.3, 0.4) is 0 Å². The molecule has 1 aromatic rings. The SMILES string of the molecule is COC(=O)c1cc(N)ccc1NC(C)CN1CCOCC1. The monoisotopic (exact) mass is 293 g/mol. The van der Waals surface area contributed by atoms with Crippen LogP contribution in [0.4, 0.5) is 11.4 Å². The Balaban J connectivity index is 2.02. The molecule has 1 heterocycles. The average molecular weight is 293 g/mol. The van der Waals surface area contributed by atoms with Gasteiger partial charge < -0.3 is 20.5 Å². The number of hydrogen-bond donors (Lipinski definition) is 2. The zero-order valence-electron chi connectivity index (χ0n) is 12.6. The quantitative estimate of drug-likeness (QED) is 0.627. The van der Waals surface area contributed by atoms with E-state index in [2.05, 4.69) is 17.1 Å². The van der Waals surface area contributed by atoms with E-state index in [1.54, 1.807) is 12.1 Å². The normalized spacial score (nSPS) is 17.2. The Hall–Kier alpha value is -1.79. The topological polar surface area (TPSA) is 76.8 Å². The number of benzene rings is 1. The maximum absolute atomic E-state index is 11.8. The first-order valence-electron chi connectivity index (χ1n) is 7.14. The molecule has 0 aliphatic carbocycles. The minimum atomic E-state index is -0.386. The molecule has 1 unspecified atom stereocenters. The summed E-state index contributed by atoms with van der Waals surface area (Å²) in [6.45, 7) is 6.43. The molecule has 0 saturated carbocycles. The second-order valence-electron chi connectivity index (χ2n) is 5.25. The molecule has 1 atom stereocenters. The van der Waals surface area contributed by atoms with Crippen LogP contribution in [-0.4, -0.2) is 56.9 Å². The van der Waals surface area contributed by atoms with E-state index < -0.39 is 0 Å². The summed E-state index contributed by atoms with van der Waals surface area (Å²) in [5.41, 5.74) is 7.50. The fourth-order valence-corrected chi connectivity index (χ4v) is 2.45. The number of ether oxygens (including phenoxy) is 2. The van der Waals surface area contributed by atoms with Crippen molar-refractivity contribution in [3.8, 4) is 0 Å². The van der Waals surface area contributed by atoms with Gasteiger partial charge in [0, 0.05) is 37.1 Å². The lowest BCUT2D eigenvalue weighted by Crippen LogP contribution is -2.42. The molecule has 0 aromatic heterocycles. The third-order valence-corrected chi connectivity index (χ3v) is 3.49. The molecule has 0 spiro atoms. The van der Waals surface area contributed by atoms with E-state index in [4.69, 9.17) is 15.2 Å². The van der Waals surface area contributed by atoms with Crippen molar-refractivity contribution in [2.24, 2.45) is 0 Å². The minimum absolute atomic E-state index is 0.204. The van der Waals surface area contributed by atoms with Gasteiger partial charge >= 0.3 is 5.97 Å². The van der Waals surface area contributed by atoms with Gasteiger partial charge in [-0.05, 0) is 25.1 Å². The number of nitrogens with two attached hydrogens (primary N) is 1. The molecule has 1 aliphatic rings. The van der Waals surface area contributed by atoms with Crippen molar-refractivity contribution in [2.45, 2.75) is 13.0 Å². The molecule has 2 rings (SSSR count). The molecule has 1 fully saturated rings. The average Bonchev–Trinajstić information content (AvgIpc) is 2.49. The number of methoxy groups -OCH3 is 1. The smallest absolute Gasteiger partial charge is 0.340 e. The molecule has 21 heavy (non-hydrogen) atoms. The fourth-order valence-electron chi connectivity index (χ4n) is 2.45. The molecule has 1 aliphatic heterocycles. The zero-order valence-corrected chi connectivity index (χ0v) is 12.6. The first-order chi connectivity index (χ1) is 10.1. The summed E-state index contributed by atoms with van der Waals surface area (Å²) in [4.78, 5) is 14.2. The molecule has 1 saturated heterocycles. The van der Waals surface area contributed by atoms with Gasteiger partial charge in [0.05, 0.1) is 25.9 Å². The molecule has 1 aromatic carbocycles. The second-order valence-corrected chi connectivity index (χ2v) is 5.25. The first kappa shape index (κ1) is 15.6. The predicted molar refractivity (Wildman–Crippen MR) is 82.5 cm³/mol.